The summed E-state index contributed by atoms with van der Waals surface area (Å²) in [6, 6.07) is 6.64. The molecule has 4 aliphatic rings. The highest BCUT2D eigenvalue weighted by atomic mass is 16.7. The lowest BCUT2D eigenvalue weighted by Crippen LogP contribution is -2.65. The van der Waals surface area contributed by atoms with Crippen LogP contribution in [0.25, 0.3) is 6.08 Å². The lowest BCUT2D eigenvalue weighted by molar-refractivity contribution is -0.199. The van der Waals surface area contributed by atoms with Crippen LogP contribution in [0.2, 0.25) is 0 Å². The Morgan fingerprint density at radius 3 is 2.60 bits per heavy atom. The number of para-hydroxylation sites is 1. The Morgan fingerprint density at radius 1 is 1.19 bits per heavy atom. The summed E-state index contributed by atoms with van der Waals surface area (Å²) in [5, 5.41) is 19.5. The molecule has 2 amide bonds. The molecule has 5 N–H and O–H groups in total. The quantitative estimate of drug-likeness (QED) is 0.0775. The van der Waals surface area contributed by atoms with Crippen LogP contribution in [0.1, 0.15) is 72.3 Å². The highest BCUT2D eigenvalue weighted by Crippen LogP contribution is 2.65. The van der Waals surface area contributed by atoms with Crippen LogP contribution in [0.5, 0.6) is 5.75 Å². The van der Waals surface area contributed by atoms with E-state index in [2.05, 4.69) is 55.9 Å². The standard InChI is InChI=1S/C32H50BN5O5/c1-20(2)17-27(33-42-26-19-22-18-25(31(22,3)4)32(26,5)43-33)38-29(40)23(12-10-16-36-30(34)35-6)37-28(39)15-14-21-11-8-9-13-24(21)41-7/h8-9,11,13-15,20,22-23,25-27H,10,12,16-19H2,1-7H3,(H,37,39)(H,38,40)(H3,34,35,36)/b15-14+/t22-,23-,25-,26+,27-,32-/m0/s1. The monoisotopic (exact) mass is 595 g/mol. The first kappa shape index (κ1) is 32.9. The highest BCUT2D eigenvalue weighted by molar-refractivity contribution is 6.48. The summed E-state index contributed by atoms with van der Waals surface area (Å²) in [5.74, 6) is 1.21. The second-order valence-corrected chi connectivity index (χ2v) is 13.4. The summed E-state index contributed by atoms with van der Waals surface area (Å²) in [6.45, 7) is 11.6. The molecule has 1 aliphatic heterocycles. The lowest BCUT2D eigenvalue weighted by Gasteiger charge is -2.64. The Kier molecular flexibility index (Phi) is 10.5. The van der Waals surface area contributed by atoms with Gasteiger partial charge in [0.25, 0.3) is 0 Å². The van der Waals surface area contributed by atoms with Crippen LogP contribution in [0, 0.1) is 28.6 Å². The molecule has 10 nitrogen and oxygen atoms in total. The van der Waals surface area contributed by atoms with Crippen molar-refractivity contribution in [3.63, 3.8) is 0 Å². The number of carbonyl (C=O) groups is 2. The molecule has 5 rings (SSSR count). The fourth-order valence-electron chi connectivity index (χ4n) is 7.17. The minimum atomic E-state index is -0.777. The highest BCUT2D eigenvalue weighted by Gasteiger charge is 2.68. The van der Waals surface area contributed by atoms with E-state index in [0.717, 1.165) is 18.4 Å². The summed E-state index contributed by atoms with van der Waals surface area (Å²) < 4.78 is 18.6. The average molecular weight is 596 g/mol. The van der Waals surface area contributed by atoms with Gasteiger partial charge in [-0.1, -0.05) is 45.9 Å². The SMILES string of the molecule is CNC(=N)NCCC[C@H](NC(=O)/C=C/c1ccccc1OC)C(=O)N[C@@H](CC(C)C)B1O[C@@H]2C[C@@H]3C[C@@H](C3(C)C)[C@]2(C)O1. The maximum absolute atomic E-state index is 13.8. The van der Waals surface area contributed by atoms with Gasteiger partial charge in [0, 0.05) is 25.2 Å². The second-order valence-electron chi connectivity index (χ2n) is 13.4. The smallest absolute Gasteiger partial charge is 0.481 e. The van der Waals surface area contributed by atoms with E-state index in [0.29, 0.717) is 49.3 Å². The molecule has 1 aromatic rings. The van der Waals surface area contributed by atoms with Gasteiger partial charge in [0.05, 0.1) is 24.8 Å². The molecule has 3 saturated carbocycles. The number of benzene rings is 1. The number of hydrogen-bond donors (Lipinski definition) is 5. The molecule has 1 heterocycles. The number of carbonyl (C=O) groups excluding carboxylic acids is 2. The van der Waals surface area contributed by atoms with Gasteiger partial charge in [-0.15, -0.1) is 0 Å². The molecular formula is C32H50BN5O5. The number of nitrogens with one attached hydrogen (secondary N) is 5. The zero-order valence-electron chi connectivity index (χ0n) is 26.8. The van der Waals surface area contributed by atoms with Crippen molar-refractivity contribution in [1.82, 2.24) is 21.3 Å². The third-order valence-electron chi connectivity index (χ3n) is 9.76. The molecule has 0 spiro atoms. The van der Waals surface area contributed by atoms with Crippen LogP contribution in [-0.2, 0) is 18.9 Å². The Labute approximate surface area is 257 Å². The molecule has 3 aliphatic carbocycles. The van der Waals surface area contributed by atoms with E-state index < -0.39 is 13.2 Å². The van der Waals surface area contributed by atoms with Gasteiger partial charge in [-0.05, 0) is 74.3 Å². The van der Waals surface area contributed by atoms with E-state index in [1.54, 1.807) is 20.2 Å². The number of guanidine groups is 1. The summed E-state index contributed by atoms with van der Waals surface area (Å²) in [5.41, 5.74) is 0.618. The molecule has 2 bridgehead atoms. The molecule has 11 heteroatoms. The summed E-state index contributed by atoms with van der Waals surface area (Å²) in [6.07, 6.45) is 6.90. The van der Waals surface area contributed by atoms with Crippen LogP contribution in [-0.4, -0.2) is 69.3 Å². The van der Waals surface area contributed by atoms with E-state index in [4.69, 9.17) is 19.5 Å². The maximum Gasteiger partial charge on any atom is 0.481 e. The summed E-state index contributed by atoms with van der Waals surface area (Å²) in [7, 11) is 2.71. The van der Waals surface area contributed by atoms with Gasteiger partial charge in [-0.3, -0.25) is 15.0 Å². The summed E-state index contributed by atoms with van der Waals surface area (Å²) in [4.78, 5) is 26.8. The average Bonchev–Trinajstić information content (AvgIpc) is 3.34. The van der Waals surface area contributed by atoms with Gasteiger partial charge < -0.3 is 35.3 Å². The Balaban J connectivity index is 1.46. The fraction of sp³-hybridized carbons (Fsp3) is 0.656. The van der Waals surface area contributed by atoms with Crippen LogP contribution in [0.15, 0.2) is 30.3 Å². The van der Waals surface area contributed by atoms with E-state index in [1.165, 1.54) is 6.08 Å². The number of rotatable bonds is 13. The lowest BCUT2D eigenvalue weighted by atomic mass is 9.43. The van der Waals surface area contributed by atoms with E-state index in [1.807, 2.05) is 24.3 Å². The third kappa shape index (κ3) is 7.37. The zero-order chi connectivity index (χ0) is 31.4. The van der Waals surface area contributed by atoms with Crippen molar-refractivity contribution in [2.75, 3.05) is 20.7 Å². The molecule has 0 radical (unpaired) electrons. The topological polar surface area (TPSA) is 134 Å². The second kappa shape index (κ2) is 13.7. The first-order valence-corrected chi connectivity index (χ1v) is 15.6. The van der Waals surface area contributed by atoms with Crippen LogP contribution < -0.4 is 26.0 Å². The Bertz CT molecular complexity index is 1190. The summed E-state index contributed by atoms with van der Waals surface area (Å²) >= 11 is 0. The predicted octanol–water partition coefficient (Wildman–Crippen LogP) is 3.52. The molecule has 0 aromatic heterocycles. The molecule has 6 atom stereocenters. The normalized spacial score (nSPS) is 26.7. The van der Waals surface area contributed by atoms with Crippen molar-refractivity contribution < 1.29 is 23.6 Å². The van der Waals surface area contributed by atoms with Crippen molar-refractivity contribution in [1.29, 1.82) is 5.41 Å². The van der Waals surface area contributed by atoms with Crippen molar-refractivity contribution in [3.8, 4) is 5.75 Å². The minimum absolute atomic E-state index is 0.0185. The van der Waals surface area contributed by atoms with Gasteiger partial charge in [0.15, 0.2) is 5.96 Å². The number of ether oxygens (including phenoxy) is 1. The van der Waals surface area contributed by atoms with Crippen molar-refractivity contribution in [3.05, 3.63) is 35.9 Å². The van der Waals surface area contributed by atoms with E-state index in [9.17, 15) is 9.59 Å². The molecular weight excluding hydrogens is 545 g/mol. The van der Waals surface area contributed by atoms with Crippen molar-refractivity contribution in [2.24, 2.45) is 23.2 Å². The van der Waals surface area contributed by atoms with Gasteiger partial charge in [0.1, 0.15) is 11.8 Å². The van der Waals surface area contributed by atoms with Crippen molar-refractivity contribution >= 4 is 31.0 Å². The van der Waals surface area contributed by atoms with E-state index in [-0.39, 0.29) is 40.8 Å². The Morgan fingerprint density at radius 2 is 1.93 bits per heavy atom. The first-order valence-electron chi connectivity index (χ1n) is 15.6. The Hall–Kier alpha value is -3.05. The molecule has 43 heavy (non-hydrogen) atoms. The van der Waals surface area contributed by atoms with Crippen molar-refractivity contribution in [2.45, 2.75) is 90.4 Å². The van der Waals surface area contributed by atoms with Crippen LogP contribution >= 0.6 is 0 Å². The molecule has 4 fully saturated rings. The predicted molar refractivity (Wildman–Crippen MR) is 169 cm³/mol. The number of hydrogen-bond acceptors (Lipinski definition) is 6. The maximum atomic E-state index is 13.8. The van der Waals surface area contributed by atoms with Crippen LogP contribution in [0.3, 0.4) is 0 Å². The fourth-order valence-corrected chi connectivity index (χ4v) is 7.17. The van der Waals surface area contributed by atoms with Gasteiger partial charge in [-0.2, -0.15) is 0 Å². The molecule has 1 saturated heterocycles. The van der Waals surface area contributed by atoms with Gasteiger partial charge in [-0.25, -0.2) is 0 Å². The van der Waals surface area contributed by atoms with Crippen LogP contribution in [0.4, 0.5) is 0 Å². The molecule has 1 aromatic carbocycles. The zero-order valence-corrected chi connectivity index (χ0v) is 26.8. The van der Waals surface area contributed by atoms with Gasteiger partial charge >= 0.3 is 7.12 Å². The van der Waals surface area contributed by atoms with Gasteiger partial charge in [0.2, 0.25) is 11.8 Å². The number of methoxy groups -OCH3 is 1. The first-order chi connectivity index (χ1) is 20.4. The largest absolute Gasteiger partial charge is 0.496 e. The number of amides is 2. The molecule has 0 unspecified atom stereocenters. The minimum Gasteiger partial charge on any atom is -0.496 e. The third-order valence-corrected chi connectivity index (χ3v) is 9.76. The van der Waals surface area contributed by atoms with E-state index >= 15 is 0 Å². The molecule has 236 valence electrons.